The Bertz CT molecular complexity index is 608. The summed E-state index contributed by atoms with van der Waals surface area (Å²) in [6.07, 6.45) is 0.569. The van der Waals surface area contributed by atoms with Crippen LogP contribution in [0.25, 0.3) is 0 Å². The summed E-state index contributed by atoms with van der Waals surface area (Å²) >= 11 is 0. The molecule has 0 bridgehead atoms. The summed E-state index contributed by atoms with van der Waals surface area (Å²) in [4.78, 5) is 11.9. The van der Waals surface area contributed by atoms with Gasteiger partial charge in [-0.3, -0.25) is 4.79 Å². The number of hydrogen-bond donors (Lipinski definition) is 1. The quantitative estimate of drug-likeness (QED) is 0.911. The van der Waals surface area contributed by atoms with Crippen LogP contribution >= 0.6 is 0 Å². The van der Waals surface area contributed by atoms with Gasteiger partial charge in [0.15, 0.2) is 0 Å². The van der Waals surface area contributed by atoms with Gasteiger partial charge in [0.2, 0.25) is 0 Å². The van der Waals surface area contributed by atoms with Crippen LogP contribution in [-0.2, 0) is 6.42 Å². The lowest BCUT2D eigenvalue weighted by Gasteiger charge is -2.07. The first-order chi connectivity index (χ1) is 9.58. The molecule has 2 aromatic carbocycles. The molecule has 0 unspecified atom stereocenters. The van der Waals surface area contributed by atoms with E-state index in [1.165, 1.54) is 18.2 Å². The van der Waals surface area contributed by atoms with Crippen molar-refractivity contribution in [2.45, 2.75) is 13.3 Å². The maximum atomic E-state index is 13.7. The highest BCUT2D eigenvalue weighted by molar-refractivity contribution is 5.94. The van der Waals surface area contributed by atoms with Crippen molar-refractivity contribution in [1.82, 2.24) is 5.32 Å². The van der Waals surface area contributed by atoms with Gasteiger partial charge in [0.1, 0.15) is 11.6 Å². The number of hydrogen-bond acceptors (Lipinski definition) is 1. The van der Waals surface area contributed by atoms with E-state index in [4.69, 9.17) is 0 Å². The molecule has 0 heterocycles. The summed E-state index contributed by atoms with van der Waals surface area (Å²) in [5.74, 6) is -1.22. The van der Waals surface area contributed by atoms with E-state index >= 15 is 0 Å². The van der Waals surface area contributed by atoms with Crippen molar-refractivity contribution in [1.29, 1.82) is 0 Å². The van der Waals surface area contributed by atoms with E-state index in [1.807, 2.05) is 0 Å². The van der Waals surface area contributed by atoms with Crippen LogP contribution in [-0.4, -0.2) is 12.5 Å². The van der Waals surface area contributed by atoms with Crippen molar-refractivity contribution < 1.29 is 13.6 Å². The molecule has 2 rings (SSSR count). The minimum absolute atomic E-state index is 0.0455. The SMILES string of the molecule is Cc1cccc(C(=O)NCCc2ccc(F)cc2)c1F. The Morgan fingerprint density at radius 3 is 2.50 bits per heavy atom. The molecule has 0 spiro atoms. The zero-order valence-electron chi connectivity index (χ0n) is 11.1. The number of benzene rings is 2. The summed E-state index contributed by atoms with van der Waals surface area (Å²) in [6.45, 7) is 1.99. The summed E-state index contributed by atoms with van der Waals surface area (Å²) in [5, 5.41) is 2.66. The number of carbonyl (C=O) groups excluding carboxylic acids is 1. The lowest BCUT2D eigenvalue weighted by Crippen LogP contribution is -2.26. The van der Waals surface area contributed by atoms with Gasteiger partial charge in [-0.05, 0) is 42.7 Å². The first kappa shape index (κ1) is 14.2. The highest BCUT2D eigenvalue weighted by atomic mass is 19.1. The van der Waals surface area contributed by atoms with Gasteiger partial charge in [0, 0.05) is 6.54 Å². The van der Waals surface area contributed by atoms with Crippen molar-refractivity contribution in [2.24, 2.45) is 0 Å². The van der Waals surface area contributed by atoms with Gasteiger partial charge in [0.25, 0.3) is 5.91 Å². The lowest BCUT2D eigenvalue weighted by atomic mass is 10.1. The molecule has 0 aliphatic rings. The van der Waals surface area contributed by atoms with Gasteiger partial charge in [-0.25, -0.2) is 8.78 Å². The van der Waals surface area contributed by atoms with Gasteiger partial charge in [0.05, 0.1) is 5.56 Å². The maximum absolute atomic E-state index is 13.7. The number of halogens is 2. The van der Waals surface area contributed by atoms with Crippen LogP contribution in [0.2, 0.25) is 0 Å². The molecule has 104 valence electrons. The third kappa shape index (κ3) is 3.41. The molecule has 1 amide bonds. The molecule has 1 N–H and O–H groups in total. The zero-order valence-corrected chi connectivity index (χ0v) is 11.1. The Kier molecular flexibility index (Phi) is 4.45. The van der Waals surface area contributed by atoms with Gasteiger partial charge in [-0.1, -0.05) is 24.3 Å². The number of aryl methyl sites for hydroxylation is 1. The van der Waals surface area contributed by atoms with Gasteiger partial charge in [-0.2, -0.15) is 0 Å². The van der Waals surface area contributed by atoms with Crippen LogP contribution in [0, 0.1) is 18.6 Å². The number of rotatable bonds is 4. The van der Waals surface area contributed by atoms with Crippen LogP contribution in [0.4, 0.5) is 8.78 Å². The van der Waals surface area contributed by atoms with Crippen molar-refractivity contribution >= 4 is 5.91 Å². The third-order valence-corrected chi connectivity index (χ3v) is 3.05. The summed E-state index contributed by atoms with van der Waals surface area (Å²) < 4.78 is 26.5. The molecule has 0 fully saturated rings. The standard InChI is InChI=1S/C16H15F2NO/c1-11-3-2-4-14(15(11)18)16(20)19-10-9-12-5-7-13(17)8-6-12/h2-8H,9-10H2,1H3,(H,19,20). The van der Waals surface area contributed by atoms with Crippen LogP contribution in [0.3, 0.4) is 0 Å². The molecule has 0 aromatic heterocycles. The Balaban J connectivity index is 1.92. The fourth-order valence-corrected chi connectivity index (χ4v) is 1.89. The molecule has 0 saturated heterocycles. The Labute approximate surface area is 116 Å². The molecule has 2 nitrogen and oxygen atoms in total. The lowest BCUT2D eigenvalue weighted by molar-refractivity contribution is 0.0950. The first-order valence-corrected chi connectivity index (χ1v) is 6.35. The van der Waals surface area contributed by atoms with Crippen molar-refractivity contribution in [3.63, 3.8) is 0 Å². The summed E-state index contributed by atoms with van der Waals surface area (Å²) in [6, 6.07) is 10.8. The topological polar surface area (TPSA) is 29.1 Å². The molecule has 0 radical (unpaired) electrons. The highest BCUT2D eigenvalue weighted by Crippen LogP contribution is 2.11. The van der Waals surface area contributed by atoms with Crippen LogP contribution < -0.4 is 5.32 Å². The average Bonchev–Trinajstić information content (AvgIpc) is 2.44. The summed E-state index contributed by atoms with van der Waals surface area (Å²) in [7, 11) is 0. The smallest absolute Gasteiger partial charge is 0.254 e. The Hall–Kier alpha value is -2.23. The zero-order chi connectivity index (χ0) is 14.5. The fourth-order valence-electron chi connectivity index (χ4n) is 1.89. The van der Waals surface area contributed by atoms with E-state index < -0.39 is 11.7 Å². The van der Waals surface area contributed by atoms with Gasteiger partial charge in [-0.15, -0.1) is 0 Å². The number of carbonyl (C=O) groups is 1. The maximum Gasteiger partial charge on any atom is 0.254 e. The minimum atomic E-state index is -0.494. The molecule has 4 heteroatoms. The molecular weight excluding hydrogens is 260 g/mol. The van der Waals surface area contributed by atoms with Gasteiger partial charge < -0.3 is 5.32 Å². The van der Waals surface area contributed by atoms with Gasteiger partial charge >= 0.3 is 0 Å². The predicted molar refractivity (Wildman–Crippen MR) is 73.6 cm³/mol. The van der Waals surface area contributed by atoms with Crippen molar-refractivity contribution in [3.05, 3.63) is 70.8 Å². The van der Waals surface area contributed by atoms with E-state index in [9.17, 15) is 13.6 Å². The molecule has 0 aliphatic carbocycles. The monoisotopic (exact) mass is 275 g/mol. The second-order valence-electron chi connectivity index (χ2n) is 4.57. The van der Waals surface area contributed by atoms with Crippen LogP contribution in [0.15, 0.2) is 42.5 Å². The minimum Gasteiger partial charge on any atom is -0.352 e. The normalized spacial score (nSPS) is 10.3. The highest BCUT2D eigenvalue weighted by Gasteiger charge is 2.12. The second-order valence-corrected chi connectivity index (χ2v) is 4.57. The number of nitrogens with one attached hydrogen (secondary N) is 1. The molecule has 0 saturated carbocycles. The largest absolute Gasteiger partial charge is 0.352 e. The van der Waals surface area contributed by atoms with Crippen molar-refractivity contribution in [2.75, 3.05) is 6.54 Å². The summed E-state index contributed by atoms with van der Waals surface area (Å²) in [5.41, 5.74) is 1.40. The van der Waals surface area contributed by atoms with Crippen LogP contribution in [0.1, 0.15) is 21.5 Å². The predicted octanol–water partition coefficient (Wildman–Crippen LogP) is 3.25. The van der Waals surface area contributed by atoms with E-state index in [0.717, 1.165) is 5.56 Å². The van der Waals surface area contributed by atoms with E-state index in [2.05, 4.69) is 5.32 Å². The fraction of sp³-hybridized carbons (Fsp3) is 0.188. The molecule has 0 atom stereocenters. The number of amides is 1. The molecule has 20 heavy (non-hydrogen) atoms. The Morgan fingerprint density at radius 2 is 1.80 bits per heavy atom. The second kappa shape index (κ2) is 6.28. The van der Waals surface area contributed by atoms with E-state index in [0.29, 0.717) is 18.5 Å². The Morgan fingerprint density at radius 1 is 1.10 bits per heavy atom. The molecule has 0 aliphatic heterocycles. The van der Waals surface area contributed by atoms with E-state index in [-0.39, 0.29) is 11.4 Å². The molecule has 2 aromatic rings. The third-order valence-electron chi connectivity index (χ3n) is 3.05. The molecular formula is C16H15F2NO. The van der Waals surface area contributed by atoms with Crippen LogP contribution in [0.5, 0.6) is 0 Å². The first-order valence-electron chi connectivity index (χ1n) is 6.35. The van der Waals surface area contributed by atoms with Crippen molar-refractivity contribution in [3.8, 4) is 0 Å². The average molecular weight is 275 g/mol. The van der Waals surface area contributed by atoms with E-state index in [1.54, 1.807) is 31.2 Å².